The third-order valence-corrected chi connectivity index (χ3v) is 5.68. The molecular weight excluding hydrogens is 543 g/mol. The Hall–Kier alpha value is -3.46. The van der Waals surface area contributed by atoms with Crippen molar-refractivity contribution in [3.63, 3.8) is 0 Å². The van der Waals surface area contributed by atoms with Crippen molar-refractivity contribution >= 4 is 17.6 Å². The van der Waals surface area contributed by atoms with E-state index in [1.54, 1.807) is 12.1 Å². The number of piperidine rings is 1. The average Bonchev–Trinajstić information content (AvgIpc) is 2.84. The average molecular weight is 569 g/mol. The highest BCUT2D eigenvalue weighted by atomic mass is 19.4. The predicted molar refractivity (Wildman–Crippen MR) is 123 cm³/mol. The number of pyridine rings is 1. The monoisotopic (exact) mass is 569 g/mol. The van der Waals surface area contributed by atoms with E-state index in [9.17, 15) is 30.7 Å². The van der Waals surface area contributed by atoms with Crippen LogP contribution in [0.2, 0.25) is 0 Å². The lowest BCUT2D eigenvalue weighted by molar-refractivity contribution is -0.193. The Morgan fingerprint density at radius 2 is 1.54 bits per heavy atom. The van der Waals surface area contributed by atoms with Crippen molar-refractivity contribution in [3.8, 4) is 0 Å². The molecule has 1 aromatic heterocycles. The summed E-state index contributed by atoms with van der Waals surface area (Å²) in [4.78, 5) is 26.6. The van der Waals surface area contributed by atoms with E-state index < -0.39 is 24.3 Å². The van der Waals surface area contributed by atoms with Crippen LogP contribution in [0.3, 0.4) is 0 Å². The number of halogens is 7. The number of benzene rings is 1. The summed E-state index contributed by atoms with van der Waals surface area (Å²) >= 11 is 0. The normalized spacial score (nSPS) is 19.8. The van der Waals surface area contributed by atoms with Gasteiger partial charge in [0.15, 0.2) is 0 Å². The highest BCUT2D eigenvalue weighted by Crippen LogP contribution is 2.32. The summed E-state index contributed by atoms with van der Waals surface area (Å²) in [6.07, 6.45) is -4.35. The molecule has 2 saturated heterocycles. The van der Waals surface area contributed by atoms with Crippen LogP contribution in [0.5, 0.6) is 0 Å². The SMILES string of the molecule is Fc1cccc(N2CCCC3(CN(Cc4ccncc4)CCO3)C2)c1.O=C(O)C(F)(F)F.O=C(O)C(F)(F)F. The van der Waals surface area contributed by atoms with Crippen molar-refractivity contribution in [1.29, 1.82) is 0 Å². The quantitative estimate of drug-likeness (QED) is 0.526. The van der Waals surface area contributed by atoms with E-state index in [1.165, 1.54) is 11.6 Å². The minimum Gasteiger partial charge on any atom is -0.475 e. The Kier molecular flexibility index (Phi) is 11.0. The maximum absolute atomic E-state index is 13.6. The highest BCUT2D eigenvalue weighted by Gasteiger charge is 2.41. The molecule has 8 nitrogen and oxygen atoms in total. The van der Waals surface area contributed by atoms with Gasteiger partial charge >= 0.3 is 24.3 Å². The molecule has 0 bridgehead atoms. The minimum absolute atomic E-state index is 0.157. The Labute approximate surface area is 218 Å². The zero-order chi connectivity index (χ0) is 29.3. The molecule has 0 radical (unpaired) electrons. The van der Waals surface area contributed by atoms with Crippen LogP contribution in [0.4, 0.5) is 36.4 Å². The summed E-state index contributed by atoms with van der Waals surface area (Å²) in [6.45, 7) is 5.32. The Morgan fingerprint density at radius 1 is 0.949 bits per heavy atom. The fourth-order valence-corrected chi connectivity index (χ4v) is 4.04. The van der Waals surface area contributed by atoms with E-state index in [0.29, 0.717) is 0 Å². The van der Waals surface area contributed by atoms with Crippen molar-refractivity contribution in [2.24, 2.45) is 0 Å². The van der Waals surface area contributed by atoms with Gasteiger partial charge in [-0.25, -0.2) is 14.0 Å². The van der Waals surface area contributed by atoms with Gasteiger partial charge in [-0.05, 0) is 48.7 Å². The lowest BCUT2D eigenvalue weighted by Gasteiger charge is -2.48. The number of aliphatic carboxylic acids is 2. The summed E-state index contributed by atoms with van der Waals surface area (Å²) in [5, 5.41) is 14.2. The molecule has 1 unspecified atom stereocenters. The number of carboxylic acid groups (broad SMARTS) is 2. The number of aromatic nitrogens is 1. The van der Waals surface area contributed by atoms with E-state index >= 15 is 0 Å². The van der Waals surface area contributed by atoms with Crippen molar-refractivity contribution in [1.82, 2.24) is 9.88 Å². The maximum atomic E-state index is 13.6. The molecule has 2 fully saturated rings. The van der Waals surface area contributed by atoms with Crippen LogP contribution < -0.4 is 4.90 Å². The number of carbonyl (C=O) groups is 2. The molecule has 1 atom stereocenters. The first-order valence-corrected chi connectivity index (χ1v) is 11.5. The zero-order valence-electron chi connectivity index (χ0n) is 20.4. The predicted octanol–water partition coefficient (Wildman–Crippen LogP) is 4.36. The molecule has 1 aromatic carbocycles. The lowest BCUT2D eigenvalue weighted by Crippen LogP contribution is -2.59. The van der Waals surface area contributed by atoms with Crippen molar-refractivity contribution in [3.05, 3.63) is 60.2 Å². The number of hydrogen-bond acceptors (Lipinski definition) is 6. The molecule has 2 N–H and O–H groups in total. The van der Waals surface area contributed by atoms with Gasteiger partial charge < -0.3 is 19.8 Å². The first kappa shape index (κ1) is 31.8. The molecule has 3 heterocycles. The molecule has 2 aliphatic heterocycles. The van der Waals surface area contributed by atoms with Gasteiger partial charge in [0.2, 0.25) is 0 Å². The molecule has 15 heteroatoms. The second kappa shape index (κ2) is 13.6. The summed E-state index contributed by atoms with van der Waals surface area (Å²) in [5.41, 5.74) is 2.08. The van der Waals surface area contributed by atoms with Crippen LogP contribution in [0.15, 0.2) is 48.8 Å². The van der Waals surface area contributed by atoms with Gasteiger partial charge in [0.25, 0.3) is 0 Å². The summed E-state index contributed by atoms with van der Waals surface area (Å²) < 4.78 is 83.3. The summed E-state index contributed by atoms with van der Waals surface area (Å²) in [7, 11) is 0. The Bertz CT molecular complexity index is 1060. The number of carboxylic acids is 2. The largest absolute Gasteiger partial charge is 0.490 e. The molecule has 0 saturated carbocycles. The highest BCUT2D eigenvalue weighted by molar-refractivity contribution is 5.73. The molecule has 216 valence electrons. The maximum Gasteiger partial charge on any atom is 0.490 e. The van der Waals surface area contributed by atoms with Gasteiger partial charge in [0, 0.05) is 50.8 Å². The van der Waals surface area contributed by atoms with E-state index in [2.05, 4.69) is 26.9 Å². The van der Waals surface area contributed by atoms with Crippen LogP contribution in [-0.4, -0.2) is 82.8 Å². The lowest BCUT2D eigenvalue weighted by atomic mass is 9.90. The number of alkyl halides is 6. The minimum atomic E-state index is -5.08. The first-order chi connectivity index (χ1) is 18.1. The number of hydrogen-bond donors (Lipinski definition) is 2. The van der Waals surface area contributed by atoms with Crippen LogP contribution in [-0.2, 0) is 20.9 Å². The number of nitrogens with zero attached hydrogens (tertiary/aromatic N) is 3. The molecule has 2 aromatic rings. The Balaban J connectivity index is 0.000000317. The Morgan fingerprint density at radius 3 is 2.08 bits per heavy atom. The van der Waals surface area contributed by atoms with E-state index in [4.69, 9.17) is 24.5 Å². The number of morpholine rings is 1. The van der Waals surface area contributed by atoms with Crippen molar-refractivity contribution in [2.45, 2.75) is 37.3 Å². The van der Waals surface area contributed by atoms with Gasteiger partial charge in [-0.15, -0.1) is 0 Å². The van der Waals surface area contributed by atoms with Gasteiger partial charge in [0.1, 0.15) is 5.82 Å². The third-order valence-electron chi connectivity index (χ3n) is 5.68. The zero-order valence-corrected chi connectivity index (χ0v) is 20.4. The molecular formula is C24H26F7N3O5. The molecule has 2 aliphatic rings. The molecule has 0 amide bonds. The van der Waals surface area contributed by atoms with Gasteiger partial charge in [-0.3, -0.25) is 9.88 Å². The molecule has 39 heavy (non-hydrogen) atoms. The topological polar surface area (TPSA) is 103 Å². The molecule has 4 rings (SSSR count). The van der Waals surface area contributed by atoms with E-state index in [1.807, 2.05) is 18.5 Å². The van der Waals surface area contributed by atoms with Gasteiger partial charge in [-0.1, -0.05) is 6.07 Å². The van der Waals surface area contributed by atoms with Crippen LogP contribution >= 0.6 is 0 Å². The van der Waals surface area contributed by atoms with Crippen LogP contribution in [0.25, 0.3) is 0 Å². The number of ether oxygens (including phenoxy) is 1. The van der Waals surface area contributed by atoms with E-state index in [0.717, 1.165) is 57.9 Å². The fourth-order valence-electron chi connectivity index (χ4n) is 4.04. The molecule has 1 spiro atoms. The fraction of sp³-hybridized carbons (Fsp3) is 0.458. The van der Waals surface area contributed by atoms with Crippen molar-refractivity contribution in [2.75, 3.05) is 37.7 Å². The third kappa shape index (κ3) is 10.7. The summed E-state index contributed by atoms with van der Waals surface area (Å²) in [5.74, 6) is -5.69. The van der Waals surface area contributed by atoms with Crippen LogP contribution in [0.1, 0.15) is 18.4 Å². The summed E-state index contributed by atoms with van der Waals surface area (Å²) in [6, 6.07) is 11.0. The van der Waals surface area contributed by atoms with Gasteiger partial charge in [0.05, 0.1) is 12.2 Å². The standard InChI is InChI=1S/C20H24FN3O.2C2HF3O2/c21-18-3-1-4-19(13-18)24-10-2-7-20(16-24)15-23(11-12-25-20)14-17-5-8-22-9-6-17;2*3-2(4,5)1(6)7/h1,3-6,8-9,13H,2,7,10-12,14-16H2;2*(H,6,7). The van der Waals surface area contributed by atoms with Gasteiger partial charge in [-0.2, -0.15) is 26.3 Å². The van der Waals surface area contributed by atoms with Crippen molar-refractivity contribution < 1.29 is 55.3 Å². The smallest absolute Gasteiger partial charge is 0.475 e. The number of anilines is 1. The first-order valence-electron chi connectivity index (χ1n) is 11.5. The number of rotatable bonds is 3. The second-order valence-electron chi connectivity index (χ2n) is 8.71. The van der Waals surface area contributed by atoms with Crippen LogP contribution in [0, 0.1) is 5.82 Å². The van der Waals surface area contributed by atoms with E-state index in [-0.39, 0.29) is 11.4 Å². The molecule has 0 aliphatic carbocycles. The second-order valence-corrected chi connectivity index (χ2v) is 8.71.